The molecule has 0 unspecified atom stereocenters. The molecule has 0 aliphatic carbocycles. The highest BCUT2D eigenvalue weighted by Crippen LogP contribution is 2.42. The van der Waals surface area contributed by atoms with Crippen molar-refractivity contribution in [3.8, 4) is 11.5 Å². The Bertz CT molecular complexity index is 781. The quantitative estimate of drug-likeness (QED) is 0.363. The Kier molecular flexibility index (Phi) is 4.33. The van der Waals surface area contributed by atoms with Gasteiger partial charge in [-0.25, -0.2) is 0 Å². The number of nitrogens with zero attached hydrogens (tertiary/aromatic N) is 2. The van der Waals surface area contributed by atoms with Gasteiger partial charge in [0.25, 0.3) is 0 Å². The lowest BCUT2D eigenvalue weighted by molar-refractivity contribution is -0.612. The zero-order chi connectivity index (χ0) is 17.4. The third-order valence-electron chi connectivity index (χ3n) is 2.86. The van der Waals surface area contributed by atoms with Crippen LogP contribution >= 0.6 is 11.6 Å². The molecule has 0 saturated heterocycles. The summed E-state index contributed by atoms with van der Waals surface area (Å²) in [5.74, 6) is -0.582. The van der Waals surface area contributed by atoms with E-state index in [9.17, 15) is 28.5 Å². The van der Waals surface area contributed by atoms with Gasteiger partial charge in [0.1, 0.15) is 0 Å². The molecule has 0 N–H and O–H groups in total. The van der Waals surface area contributed by atoms with Gasteiger partial charge in [-0.3, -0.25) is 10.1 Å². The van der Waals surface area contributed by atoms with Crippen molar-refractivity contribution < 1.29 is 27.6 Å². The molecule has 6 nitrogen and oxygen atoms in total. The fourth-order valence-corrected chi connectivity index (χ4v) is 1.97. The van der Waals surface area contributed by atoms with E-state index >= 15 is 0 Å². The molecule has 1 heterocycles. The Morgan fingerprint density at radius 2 is 1.96 bits per heavy atom. The number of alkyl halides is 3. The highest BCUT2D eigenvalue weighted by Gasteiger charge is 2.36. The van der Waals surface area contributed by atoms with E-state index in [2.05, 4.69) is 0 Å². The first-order chi connectivity index (χ1) is 10.6. The molecule has 1 aromatic carbocycles. The summed E-state index contributed by atoms with van der Waals surface area (Å²) in [6.45, 7) is 1.52. The molecule has 0 radical (unpaired) electrons. The molecule has 122 valence electrons. The number of halogens is 4. The largest absolute Gasteiger partial charge is 0.618 e. The smallest absolute Gasteiger partial charge is 0.418 e. The van der Waals surface area contributed by atoms with Gasteiger partial charge in [-0.1, -0.05) is 11.6 Å². The molecule has 0 saturated carbocycles. The molecule has 0 bridgehead atoms. The summed E-state index contributed by atoms with van der Waals surface area (Å²) in [5.41, 5.74) is -1.92. The molecule has 2 aromatic rings. The second-order valence-corrected chi connectivity index (χ2v) is 4.90. The zero-order valence-electron chi connectivity index (χ0n) is 11.4. The first-order valence-electron chi connectivity index (χ1n) is 6.02. The van der Waals surface area contributed by atoms with Gasteiger partial charge in [0.15, 0.2) is 11.4 Å². The zero-order valence-corrected chi connectivity index (χ0v) is 12.2. The minimum atomic E-state index is -4.84. The minimum Gasteiger partial charge on any atom is -0.618 e. The van der Waals surface area contributed by atoms with Gasteiger partial charge in [0, 0.05) is 25.1 Å². The van der Waals surface area contributed by atoms with Crippen LogP contribution in [-0.4, -0.2) is 4.92 Å². The minimum absolute atomic E-state index is 0.0791. The van der Waals surface area contributed by atoms with Gasteiger partial charge >= 0.3 is 11.9 Å². The maximum absolute atomic E-state index is 12.8. The molecule has 0 spiro atoms. The molecule has 0 atom stereocenters. The number of nitro benzene ring substituents is 1. The first kappa shape index (κ1) is 16.8. The van der Waals surface area contributed by atoms with Crippen LogP contribution in [0.2, 0.25) is 5.02 Å². The Labute approximate surface area is 132 Å². The van der Waals surface area contributed by atoms with Crippen LogP contribution in [0.3, 0.4) is 0 Å². The van der Waals surface area contributed by atoms with Crippen LogP contribution in [0, 0.1) is 22.2 Å². The molecule has 0 aliphatic rings. The molecule has 1 aromatic heterocycles. The summed E-state index contributed by atoms with van der Waals surface area (Å²) in [4.78, 5) is 9.94. The highest BCUT2D eigenvalue weighted by atomic mass is 35.5. The van der Waals surface area contributed by atoms with Crippen molar-refractivity contribution in [3.05, 3.63) is 62.1 Å². The van der Waals surface area contributed by atoms with Gasteiger partial charge in [0.05, 0.1) is 15.5 Å². The van der Waals surface area contributed by atoms with Crippen LogP contribution in [0.5, 0.6) is 11.5 Å². The van der Waals surface area contributed by atoms with Crippen molar-refractivity contribution in [2.75, 3.05) is 0 Å². The van der Waals surface area contributed by atoms with Gasteiger partial charge in [-0.15, -0.1) is 0 Å². The molecule has 23 heavy (non-hydrogen) atoms. The van der Waals surface area contributed by atoms with E-state index in [1.807, 2.05) is 0 Å². The third kappa shape index (κ3) is 3.62. The Balaban J connectivity index is 2.51. The predicted octanol–water partition coefficient (Wildman–Crippen LogP) is 4.00. The predicted molar refractivity (Wildman–Crippen MR) is 73.3 cm³/mol. The number of aromatic nitrogens is 1. The summed E-state index contributed by atoms with van der Waals surface area (Å²) in [5, 5.41) is 21.7. The van der Waals surface area contributed by atoms with Crippen molar-refractivity contribution in [2.24, 2.45) is 0 Å². The lowest BCUT2D eigenvalue weighted by Crippen LogP contribution is -2.28. The lowest BCUT2D eigenvalue weighted by Gasteiger charge is -2.12. The summed E-state index contributed by atoms with van der Waals surface area (Å²) >= 11 is 5.52. The second kappa shape index (κ2) is 5.92. The van der Waals surface area contributed by atoms with E-state index in [1.54, 1.807) is 0 Å². The maximum atomic E-state index is 12.8. The van der Waals surface area contributed by atoms with Crippen LogP contribution < -0.4 is 9.47 Å². The summed E-state index contributed by atoms with van der Waals surface area (Å²) < 4.78 is 43.9. The van der Waals surface area contributed by atoms with Crippen LogP contribution in [-0.2, 0) is 6.18 Å². The SMILES string of the molecule is Cc1ccc(Oc2cc(Cl)c(C(F)(F)F)cc2[N+](=O)[O-])c[n+]1[O-]. The number of nitro groups is 1. The summed E-state index contributed by atoms with van der Waals surface area (Å²) in [6.07, 6.45) is -3.85. The number of pyridine rings is 1. The molecule has 2 rings (SSSR count). The second-order valence-electron chi connectivity index (χ2n) is 4.49. The van der Waals surface area contributed by atoms with E-state index in [1.165, 1.54) is 19.1 Å². The normalized spacial score (nSPS) is 11.3. The Hall–Kier alpha value is -2.55. The van der Waals surface area contributed by atoms with Crippen LogP contribution in [0.15, 0.2) is 30.5 Å². The van der Waals surface area contributed by atoms with Gasteiger partial charge in [0.2, 0.25) is 11.9 Å². The summed E-state index contributed by atoms with van der Waals surface area (Å²) in [6, 6.07) is 3.72. The average Bonchev–Trinajstić information content (AvgIpc) is 2.41. The van der Waals surface area contributed by atoms with Crippen LogP contribution in [0.4, 0.5) is 18.9 Å². The third-order valence-corrected chi connectivity index (χ3v) is 3.17. The van der Waals surface area contributed by atoms with Crippen molar-refractivity contribution in [3.63, 3.8) is 0 Å². The lowest BCUT2D eigenvalue weighted by atomic mass is 10.1. The number of hydrogen-bond donors (Lipinski definition) is 0. The average molecular weight is 349 g/mol. The van der Waals surface area contributed by atoms with E-state index in [0.29, 0.717) is 16.5 Å². The van der Waals surface area contributed by atoms with Crippen molar-refractivity contribution >= 4 is 17.3 Å². The topological polar surface area (TPSA) is 79.3 Å². The van der Waals surface area contributed by atoms with Crippen LogP contribution in [0.25, 0.3) is 0 Å². The van der Waals surface area contributed by atoms with E-state index in [-0.39, 0.29) is 11.8 Å². The van der Waals surface area contributed by atoms with Crippen molar-refractivity contribution in [1.29, 1.82) is 0 Å². The molecule has 0 amide bonds. The van der Waals surface area contributed by atoms with E-state index < -0.39 is 33.1 Å². The Morgan fingerprint density at radius 1 is 1.30 bits per heavy atom. The number of rotatable bonds is 3. The van der Waals surface area contributed by atoms with Gasteiger partial charge in [-0.05, 0) is 6.07 Å². The maximum Gasteiger partial charge on any atom is 0.418 e. The summed E-state index contributed by atoms with van der Waals surface area (Å²) in [7, 11) is 0. The van der Waals surface area contributed by atoms with E-state index in [4.69, 9.17) is 16.3 Å². The number of hydrogen-bond acceptors (Lipinski definition) is 4. The molecule has 10 heteroatoms. The van der Waals surface area contributed by atoms with Crippen LogP contribution in [0.1, 0.15) is 11.3 Å². The molecular formula is C13H8ClF3N2O4. The highest BCUT2D eigenvalue weighted by molar-refractivity contribution is 6.31. The number of aryl methyl sites for hydroxylation is 1. The fraction of sp³-hybridized carbons (Fsp3) is 0.154. The Morgan fingerprint density at radius 3 is 2.48 bits per heavy atom. The van der Waals surface area contributed by atoms with E-state index in [0.717, 1.165) is 6.20 Å². The molecule has 0 fully saturated rings. The molecule has 0 aliphatic heterocycles. The number of ether oxygens (including phenoxy) is 1. The van der Waals surface area contributed by atoms with Crippen molar-refractivity contribution in [2.45, 2.75) is 13.1 Å². The first-order valence-corrected chi connectivity index (χ1v) is 6.40. The molecular weight excluding hydrogens is 341 g/mol. The van der Waals surface area contributed by atoms with Crippen molar-refractivity contribution in [1.82, 2.24) is 0 Å². The monoisotopic (exact) mass is 348 g/mol. The number of benzene rings is 1. The van der Waals surface area contributed by atoms with Gasteiger partial charge < -0.3 is 9.94 Å². The van der Waals surface area contributed by atoms with Gasteiger partial charge in [-0.2, -0.15) is 17.9 Å². The fourth-order valence-electron chi connectivity index (χ4n) is 1.71. The standard InChI is InChI=1S/C13H8ClF3N2O4/c1-7-2-3-8(6-18(7)20)23-12-5-10(14)9(13(15,16)17)4-11(12)19(21)22/h2-6H,1H3.